The van der Waals surface area contributed by atoms with Crippen molar-refractivity contribution in [2.24, 2.45) is 0 Å². The van der Waals surface area contributed by atoms with Gasteiger partial charge in [0.2, 0.25) is 0 Å². The van der Waals surface area contributed by atoms with Crippen molar-refractivity contribution in [1.29, 1.82) is 0 Å². The molecule has 2 aromatic rings. The van der Waals surface area contributed by atoms with Gasteiger partial charge in [-0.2, -0.15) is 9.78 Å². The van der Waals surface area contributed by atoms with Gasteiger partial charge in [0, 0.05) is 12.0 Å². The Morgan fingerprint density at radius 3 is 2.90 bits per heavy atom. The van der Waals surface area contributed by atoms with Crippen LogP contribution in [0.2, 0.25) is 0 Å². The van der Waals surface area contributed by atoms with Crippen LogP contribution >= 0.6 is 0 Å². The quantitative estimate of drug-likeness (QED) is 0.650. The van der Waals surface area contributed by atoms with Crippen LogP contribution in [0, 0.1) is 0 Å². The molecular weight excluding hydrogens is 282 g/mol. The van der Waals surface area contributed by atoms with E-state index in [4.69, 9.17) is 14.3 Å². The van der Waals surface area contributed by atoms with Gasteiger partial charge in [0.1, 0.15) is 6.10 Å². The van der Waals surface area contributed by atoms with E-state index in [-0.39, 0.29) is 18.7 Å². The number of hydrogen-bond acceptors (Lipinski definition) is 7. The summed E-state index contributed by atoms with van der Waals surface area (Å²) in [6, 6.07) is 1.53. The number of aromatic amines is 1. The summed E-state index contributed by atoms with van der Waals surface area (Å²) in [4.78, 5) is 25.8. The molecule has 1 aliphatic heterocycles. The second-order valence-corrected chi connectivity index (χ2v) is 4.68. The molecule has 0 spiro atoms. The molecule has 9 nitrogen and oxygen atoms in total. The fraction of sp³-hybridized carbons (Fsp3) is 0.417. The largest absolute Gasteiger partial charge is 0.472 e. The van der Waals surface area contributed by atoms with Crippen LogP contribution in [-0.4, -0.2) is 43.8 Å². The Labute approximate surface area is 117 Å². The van der Waals surface area contributed by atoms with Crippen molar-refractivity contribution < 1.29 is 19.4 Å². The molecule has 0 amide bonds. The summed E-state index contributed by atoms with van der Waals surface area (Å²) in [6.07, 6.45) is 0.254. The van der Waals surface area contributed by atoms with Crippen molar-refractivity contribution in [3.05, 3.63) is 39.4 Å². The third kappa shape index (κ3) is 2.42. The average Bonchev–Trinajstić information content (AvgIpc) is 3.08. The lowest BCUT2D eigenvalue weighted by Gasteiger charge is -2.13. The van der Waals surface area contributed by atoms with E-state index in [2.05, 4.69) is 10.1 Å². The molecule has 3 atom stereocenters. The molecule has 0 aliphatic carbocycles. The second-order valence-electron chi connectivity index (χ2n) is 4.68. The van der Waals surface area contributed by atoms with Crippen molar-refractivity contribution in [1.82, 2.24) is 14.8 Å². The molecule has 2 aromatic heterocycles. The molecule has 3 heterocycles. The van der Waals surface area contributed by atoms with Crippen LogP contribution in [0.25, 0.3) is 11.3 Å². The molecule has 3 N–H and O–H groups in total. The van der Waals surface area contributed by atoms with Crippen molar-refractivity contribution in [2.45, 2.75) is 24.9 Å². The zero-order valence-corrected chi connectivity index (χ0v) is 10.8. The second kappa shape index (κ2) is 5.28. The van der Waals surface area contributed by atoms with E-state index in [1.807, 2.05) is 0 Å². The number of nitrogens with zero attached hydrogens (tertiary/aromatic N) is 2. The molecule has 21 heavy (non-hydrogen) atoms. The van der Waals surface area contributed by atoms with Crippen molar-refractivity contribution >= 4 is 0 Å². The Bertz CT molecular complexity index is 734. The summed E-state index contributed by atoms with van der Waals surface area (Å²) >= 11 is 0. The summed E-state index contributed by atoms with van der Waals surface area (Å²) in [6.45, 7) is -0.371. The normalized spacial score (nSPS) is 25.3. The Kier molecular flexibility index (Phi) is 3.45. The number of rotatable bonds is 3. The zero-order valence-electron chi connectivity index (χ0n) is 10.8. The highest BCUT2D eigenvalue weighted by Gasteiger charge is 2.35. The molecule has 0 aromatic carbocycles. The zero-order chi connectivity index (χ0) is 15.0. The number of aliphatic hydroxyl groups is 2. The summed E-state index contributed by atoms with van der Waals surface area (Å²) in [7, 11) is 0. The third-order valence-electron chi connectivity index (χ3n) is 3.30. The number of nitrogens with one attached hydrogen (secondary N) is 1. The van der Waals surface area contributed by atoms with Gasteiger partial charge in [-0.05, 0) is 6.07 Å². The molecule has 0 radical (unpaired) electrons. The van der Waals surface area contributed by atoms with Gasteiger partial charge < -0.3 is 19.4 Å². The number of H-pyrrole nitrogens is 1. The maximum Gasteiger partial charge on any atom is 0.347 e. The smallest absolute Gasteiger partial charge is 0.347 e. The lowest BCUT2D eigenvalue weighted by atomic mass is 10.2. The molecular formula is C12H13N3O6. The number of aliphatic hydroxyl groups excluding tert-OH is 2. The fourth-order valence-corrected chi connectivity index (χ4v) is 2.22. The molecule has 1 fully saturated rings. The molecule has 3 rings (SSSR count). The average molecular weight is 295 g/mol. The lowest BCUT2D eigenvalue weighted by Crippen LogP contribution is -2.36. The monoisotopic (exact) mass is 295 g/mol. The van der Waals surface area contributed by atoms with Gasteiger partial charge >= 0.3 is 5.69 Å². The van der Waals surface area contributed by atoms with Crippen LogP contribution in [0.5, 0.6) is 0 Å². The first-order valence-electron chi connectivity index (χ1n) is 6.30. The molecule has 0 saturated carbocycles. The third-order valence-corrected chi connectivity index (χ3v) is 3.30. The number of hydrogen-bond donors (Lipinski definition) is 3. The lowest BCUT2D eigenvalue weighted by molar-refractivity contribution is -0.0505. The van der Waals surface area contributed by atoms with E-state index in [0.717, 1.165) is 4.68 Å². The standard InChI is InChI=1S/C12H13N3O6/c16-4-8-7(17)3-9(21-8)15-12(19)13-11(18)10(14-15)6-1-2-20-5-6/h1-2,5,7-9,16-17H,3-4H2,(H,13,18,19)/t7-,8-,9?/m1/s1. The highest BCUT2D eigenvalue weighted by atomic mass is 16.5. The van der Waals surface area contributed by atoms with Crippen molar-refractivity contribution in [3.63, 3.8) is 0 Å². The van der Waals surface area contributed by atoms with E-state index in [1.54, 1.807) is 0 Å². The minimum atomic E-state index is -0.905. The Hall–Kier alpha value is -2.23. The summed E-state index contributed by atoms with van der Waals surface area (Å²) in [5, 5.41) is 22.7. The van der Waals surface area contributed by atoms with Crippen LogP contribution in [0.3, 0.4) is 0 Å². The van der Waals surface area contributed by atoms with Crippen LogP contribution in [0.4, 0.5) is 0 Å². The maximum absolute atomic E-state index is 11.8. The predicted molar refractivity (Wildman–Crippen MR) is 68.4 cm³/mol. The predicted octanol–water partition coefficient (Wildman–Crippen LogP) is -1.17. The molecule has 1 aliphatic rings. The van der Waals surface area contributed by atoms with Gasteiger partial charge in [-0.15, -0.1) is 0 Å². The minimum Gasteiger partial charge on any atom is -0.472 e. The number of furan rings is 1. The first-order valence-corrected chi connectivity index (χ1v) is 6.30. The van der Waals surface area contributed by atoms with E-state index in [1.165, 1.54) is 18.6 Å². The topological polar surface area (TPSA) is 131 Å². The van der Waals surface area contributed by atoms with Crippen molar-refractivity contribution in [3.8, 4) is 11.3 Å². The molecule has 9 heteroatoms. The summed E-state index contributed by atoms with van der Waals surface area (Å²) in [5.41, 5.74) is -0.964. The molecule has 0 bridgehead atoms. The summed E-state index contributed by atoms with van der Waals surface area (Å²) in [5.74, 6) is 0. The first kappa shape index (κ1) is 13.7. The SMILES string of the molecule is O=c1[nH]c(=O)n(C2C[C@@H](O)[C@@H](CO)O2)nc1-c1ccoc1. The summed E-state index contributed by atoms with van der Waals surface area (Å²) < 4.78 is 11.2. The van der Waals surface area contributed by atoms with Crippen molar-refractivity contribution in [2.75, 3.05) is 6.61 Å². The van der Waals surface area contributed by atoms with Gasteiger partial charge in [0.25, 0.3) is 5.56 Å². The van der Waals surface area contributed by atoms with E-state index >= 15 is 0 Å². The van der Waals surface area contributed by atoms with Gasteiger partial charge in [0.05, 0.1) is 25.2 Å². The van der Waals surface area contributed by atoms with Crippen LogP contribution < -0.4 is 11.2 Å². The minimum absolute atomic E-state index is 0.00823. The highest BCUT2D eigenvalue weighted by Crippen LogP contribution is 2.27. The van der Waals surface area contributed by atoms with Crippen LogP contribution in [0.15, 0.2) is 32.6 Å². The highest BCUT2D eigenvalue weighted by molar-refractivity contribution is 5.54. The number of ether oxygens (including phenoxy) is 1. The fourth-order valence-electron chi connectivity index (χ4n) is 2.22. The van der Waals surface area contributed by atoms with E-state index < -0.39 is 29.7 Å². The van der Waals surface area contributed by atoms with Gasteiger partial charge in [-0.1, -0.05) is 0 Å². The Morgan fingerprint density at radius 1 is 1.48 bits per heavy atom. The van der Waals surface area contributed by atoms with Gasteiger partial charge in [0.15, 0.2) is 11.9 Å². The first-order chi connectivity index (χ1) is 10.1. The Morgan fingerprint density at radius 2 is 2.29 bits per heavy atom. The van der Waals surface area contributed by atoms with Gasteiger partial charge in [-0.25, -0.2) is 4.79 Å². The Balaban J connectivity index is 2.02. The van der Waals surface area contributed by atoms with E-state index in [0.29, 0.717) is 5.56 Å². The number of aromatic nitrogens is 3. The molecule has 1 saturated heterocycles. The molecule has 112 valence electrons. The van der Waals surface area contributed by atoms with Crippen LogP contribution in [-0.2, 0) is 4.74 Å². The van der Waals surface area contributed by atoms with E-state index in [9.17, 15) is 14.7 Å². The van der Waals surface area contributed by atoms with Crippen LogP contribution in [0.1, 0.15) is 12.6 Å². The maximum atomic E-state index is 11.8. The molecule has 1 unspecified atom stereocenters. The van der Waals surface area contributed by atoms with Gasteiger partial charge in [-0.3, -0.25) is 9.78 Å².